The maximum atomic E-state index is 9.06. The molecule has 2 rings (SSSR count). The fraction of sp³-hybridized carbons (Fsp3) is 0.125. The minimum absolute atomic E-state index is 0.407. The summed E-state index contributed by atoms with van der Waals surface area (Å²) in [6, 6.07) is 16.9. The molecule has 0 unspecified atom stereocenters. The van der Waals surface area contributed by atoms with Crippen LogP contribution in [-0.4, -0.2) is 11.7 Å². The topological polar surface area (TPSA) is 57.1 Å². The normalized spacial score (nSPS) is 9.52. The Morgan fingerprint density at radius 2 is 1.71 bits per heavy atom. The zero-order valence-corrected chi connectivity index (χ0v) is 12.4. The van der Waals surface area contributed by atoms with Crippen molar-refractivity contribution in [3.63, 3.8) is 0 Å². The molecule has 0 fully saturated rings. The molecule has 21 heavy (non-hydrogen) atoms. The van der Waals surface area contributed by atoms with E-state index in [0.29, 0.717) is 23.0 Å². The number of nitrogens with zero attached hydrogens (tertiary/aromatic N) is 1. The average Bonchev–Trinajstić information content (AvgIpc) is 2.50. The van der Waals surface area contributed by atoms with Gasteiger partial charge in [0.15, 0.2) is 5.11 Å². The van der Waals surface area contributed by atoms with E-state index >= 15 is 0 Å². The Hall–Kier alpha value is -2.58. The number of rotatable bonds is 4. The summed E-state index contributed by atoms with van der Waals surface area (Å²) in [5.41, 5.74) is 2.00. The molecule has 0 spiro atoms. The van der Waals surface area contributed by atoms with Crippen LogP contribution >= 0.6 is 12.2 Å². The van der Waals surface area contributed by atoms with Crippen molar-refractivity contribution in [2.24, 2.45) is 0 Å². The lowest BCUT2D eigenvalue weighted by Crippen LogP contribution is -2.20. The van der Waals surface area contributed by atoms with Crippen molar-refractivity contribution in [2.45, 2.75) is 6.92 Å². The summed E-state index contributed by atoms with van der Waals surface area (Å²) < 4.78 is 5.53. The Bertz CT molecular complexity index is 679. The van der Waals surface area contributed by atoms with Gasteiger partial charge in [-0.1, -0.05) is 24.3 Å². The van der Waals surface area contributed by atoms with Crippen LogP contribution in [-0.2, 0) is 0 Å². The summed E-state index contributed by atoms with van der Waals surface area (Å²) in [5.74, 6) is 0.734. The first-order valence-electron chi connectivity index (χ1n) is 6.53. The maximum absolute atomic E-state index is 9.06. The molecule has 0 heterocycles. The van der Waals surface area contributed by atoms with Crippen LogP contribution in [0.15, 0.2) is 48.5 Å². The van der Waals surface area contributed by atoms with Gasteiger partial charge in [-0.05, 0) is 43.4 Å². The molecule has 0 aromatic heterocycles. The van der Waals surface area contributed by atoms with Gasteiger partial charge in [0, 0.05) is 0 Å². The van der Waals surface area contributed by atoms with Crippen LogP contribution in [0.3, 0.4) is 0 Å². The highest BCUT2D eigenvalue weighted by molar-refractivity contribution is 7.80. The lowest BCUT2D eigenvalue weighted by Gasteiger charge is -2.14. The van der Waals surface area contributed by atoms with Gasteiger partial charge >= 0.3 is 0 Å². The first-order chi connectivity index (χ1) is 10.2. The molecule has 0 aliphatic rings. The number of thiocarbonyl (C=S) groups is 1. The molecule has 0 aliphatic carbocycles. The molecule has 0 saturated carbocycles. The first-order valence-corrected chi connectivity index (χ1v) is 6.94. The van der Waals surface area contributed by atoms with Crippen molar-refractivity contribution in [2.75, 3.05) is 17.2 Å². The molecule has 5 heteroatoms. The van der Waals surface area contributed by atoms with E-state index in [0.717, 1.165) is 11.4 Å². The van der Waals surface area contributed by atoms with Crippen molar-refractivity contribution < 1.29 is 4.74 Å². The Kier molecular flexibility index (Phi) is 5.13. The predicted molar refractivity (Wildman–Crippen MR) is 88.6 cm³/mol. The average molecular weight is 297 g/mol. The summed E-state index contributed by atoms with van der Waals surface area (Å²) in [5, 5.41) is 15.6. The molecule has 2 aromatic carbocycles. The van der Waals surface area contributed by atoms with Crippen LogP contribution in [0.2, 0.25) is 0 Å². The van der Waals surface area contributed by atoms with Gasteiger partial charge in [0.2, 0.25) is 0 Å². The number of hydrogen-bond acceptors (Lipinski definition) is 3. The lowest BCUT2D eigenvalue weighted by atomic mass is 10.2. The molecule has 0 bridgehead atoms. The van der Waals surface area contributed by atoms with Crippen molar-refractivity contribution in [3.8, 4) is 11.8 Å². The quantitative estimate of drug-likeness (QED) is 0.841. The monoisotopic (exact) mass is 297 g/mol. The second kappa shape index (κ2) is 7.27. The van der Waals surface area contributed by atoms with Crippen LogP contribution in [0, 0.1) is 11.3 Å². The number of para-hydroxylation sites is 3. The Morgan fingerprint density at radius 1 is 1.10 bits per heavy atom. The molecule has 0 amide bonds. The smallest absolute Gasteiger partial charge is 0.175 e. The van der Waals surface area contributed by atoms with Gasteiger partial charge in [0.05, 0.1) is 23.5 Å². The third-order valence-corrected chi connectivity index (χ3v) is 2.93. The van der Waals surface area contributed by atoms with Gasteiger partial charge in [-0.3, -0.25) is 0 Å². The van der Waals surface area contributed by atoms with Gasteiger partial charge < -0.3 is 15.4 Å². The van der Waals surface area contributed by atoms with Gasteiger partial charge in [-0.25, -0.2) is 0 Å². The third kappa shape index (κ3) is 3.94. The van der Waals surface area contributed by atoms with E-state index < -0.39 is 0 Å². The number of nitrogens with one attached hydrogen (secondary N) is 2. The van der Waals surface area contributed by atoms with E-state index in [1.807, 2.05) is 43.3 Å². The van der Waals surface area contributed by atoms with Crippen molar-refractivity contribution in [1.82, 2.24) is 0 Å². The summed E-state index contributed by atoms with van der Waals surface area (Å²) in [6.45, 7) is 2.51. The molecule has 4 nitrogen and oxygen atoms in total. The number of anilines is 2. The number of ether oxygens (including phenoxy) is 1. The van der Waals surface area contributed by atoms with Crippen LogP contribution in [0.4, 0.5) is 11.4 Å². The first kappa shape index (κ1) is 14.8. The maximum Gasteiger partial charge on any atom is 0.175 e. The second-order valence-electron chi connectivity index (χ2n) is 4.17. The summed E-state index contributed by atoms with van der Waals surface area (Å²) in [4.78, 5) is 0. The van der Waals surface area contributed by atoms with E-state index in [9.17, 15) is 0 Å². The summed E-state index contributed by atoms with van der Waals surface area (Å²) >= 11 is 5.28. The van der Waals surface area contributed by atoms with Gasteiger partial charge in [-0.2, -0.15) is 5.26 Å². The van der Waals surface area contributed by atoms with Crippen molar-refractivity contribution in [1.29, 1.82) is 5.26 Å². The Balaban J connectivity index is 2.11. The summed E-state index contributed by atoms with van der Waals surface area (Å²) in [7, 11) is 0. The van der Waals surface area contributed by atoms with Crippen LogP contribution in [0.5, 0.6) is 5.75 Å². The zero-order valence-electron chi connectivity index (χ0n) is 11.6. The van der Waals surface area contributed by atoms with E-state index in [4.69, 9.17) is 22.2 Å². The molecule has 0 atom stereocenters. The highest BCUT2D eigenvalue weighted by atomic mass is 32.1. The van der Waals surface area contributed by atoms with Gasteiger partial charge in [0.25, 0.3) is 0 Å². The molecule has 0 radical (unpaired) electrons. The van der Waals surface area contributed by atoms with Crippen molar-refractivity contribution >= 4 is 28.7 Å². The number of hydrogen-bond donors (Lipinski definition) is 2. The third-order valence-electron chi connectivity index (χ3n) is 2.73. The molecule has 0 saturated heterocycles. The highest BCUT2D eigenvalue weighted by Crippen LogP contribution is 2.24. The van der Waals surface area contributed by atoms with E-state index in [2.05, 4.69) is 16.7 Å². The van der Waals surface area contributed by atoms with E-state index in [-0.39, 0.29) is 0 Å². The zero-order chi connectivity index (χ0) is 15.1. The highest BCUT2D eigenvalue weighted by Gasteiger charge is 2.06. The predicted octanol–water partition coefficient (Wildman–Crippen LogP) is 3.77. The largest absolute Gasteiger partial charge is 0.492 e. The summed E-state index contributed by atoms with van der Waals surface area (Å²) in [6.07, 6.45) is 0. The molecule has 2 aromatic rings. The van der Waals surface area contributed by atoms with Crippen molar-refractivity contribution in [3.05, 3.63) is 54.1 Å². The van der Waals surface area contributed by atoms with Gasteiger partial charge in [0.1, 0.15) is 11.8 Å². The van der Waals surface area contributed by atoms with E-state index in [1.165, 1.54) is 0 Å². The molecule has 106 valence electrons. The minimum atomic E-state index is 0.407. The van der Waals surface area contributed by atoms with Crippen LogP contribution < -0.4 is 15.4 Å². The molecule has 0 aliphatic heterocycles. The van der Waals surface area contributed by atoms with Crippen LogP contribution in [0.1, 0.15) is 12.5 Å². The molecular weight excluding hydrogens is 282 g/mol. The number of nitriles is 1. The lowest BCUT2D eigenvalue weighted by molar-refractivity contribution is 0.342. The Labute approximate surface area is 129 Å². The number of benzene rings is 2. The molecular formula is C16H15N3OS. The van der Waals surface area contributed by atoms with Crippen LogP contribution in [0.25, 0.3) is 0 Å². The fourth-order valence-corrected chi connectivity index (χ4v) is 2.04. The second-order valence-corrected chi connectivity index (χ2v) is 4.57. The fourth-order valence-electron chi connectivity index (χ4n) is 1.82. The molecule has 2 N–H and O–H groups in total. The van der Waals surface area contributed by atoms with E-state index in [1.54, 1.807) is 12.1 Å². The Morgan fingerprint density at radius 3 is 2.43 bits per heavy atom. The van der Waals surface area contributed by atoms with Gasteiger partial charge in [-0.15, -0.1) is 0 Å². The minimum Gasteiger partial charge on any atom is -0.492 e. The SMILES string of the molecule is CCOc1ccccc1NC(=S)Nc1ccccc1C#N. The standard InChI is InChI=1S/C16H15N3OS/c1-2-20-15-10-6-5-9-14(15)19-16(21)18-13-8-4-3-7-12(13)11-17/h3-10H,2H2,1H3,(H2,18,19,21).